The standard InChI is InChI=1S/C23H22N2OS2/c1-2-16-11-19(15-27-14-16)23-21(7-4-10-28-23)25-22(26)12-17-5-3-6-18-13-24-9-8-20(17)18/h3-9,13-15H,2,10-12H2,1H3,(H,25,26). The average Bonchev–Trinajstić information content (AvgIpc) is 2.74. The number of thioether (sulfide) groups is 2. The molecule has 3 heterocycles. The summed E-state index contributed by atoms with van der Waals surface area (Å²) in [6.07, 6.45) is 10.2. The molecule has 0 unspecified atom stereocenters. The van der Waals surface area contributed by atoms with Crippen LogP contribution in [0.15, 0.2) is 81.4 Å². The summed E-state index contributed by atoms with van der Waals surface area (Å²) in [4.78, 5) is 18.2. The van der Waals surface area contributed by atoms with Gasteiger partial charge in [0.2, 0.25) is 5.91 Å². The molecule has 1 aromatic carbocycles. The molecule has 1 N–H and O–H groups in total. The highest BCUT2D eigenvalue weighted by atomic mass is 32.2. The average molecular weight is 407 g/mol. The van der Waals surface area contributed by atoms with Crippen molar-refractivity contribution >= 4 is 40.2 Å². The highest BCUT2D eigenvalue weighted by Crippen LogP contribution is 2.38. The fourth-order valence-corrected chi connectivity index (χ4v) is 5.31. The Balaban J connectivity index is 1.54. The number of allylic oxidation sites excluding steroid dienone is 3. The number of carbonyl (C=O) groups is 1. The molecule has 0 radical (unpaired) electrons. The van der Waals surface area contributed by atoms with Gasteiger partial charge in [0.15, 0.2) is 0 Å². The van der Waals surface area contributed by atoms with Gasteiger partial charge in [-0.05, 0) is 52.3 Å². The normalized spacial score (nSPS) is 16.8. The molecule has 0 spiro atoms. The number of amides is 1. The van der Waals surface area contributed by atoms with E-state index in [2.05, 4.69) is 34.1 Å². The summed E-state index contributed by atoms with van der Waals surface area (Å²) in [6.45, 7) is 2.19. The van der Waals surface area contributed by atoms with Crippen molar-refractivity contribution < 1.29 is 4.79 Å². The number of rotatable bonds is 5. The zero-order valence-corrected chi connectivity index (χ0v) is 17.4. The second kappa shape index (κ2) is 8.84. The van der Waals surface area contributed by atoms with Crippen LogP contribution in [0.4, 0.5) is 0 Å². The van der Waals surface area contributed by atoms with Crippen LogP contribution in [0.5, 0.6) is 0 Å². The number of nitrogens with zero attached hydrogens (tertiary/aromatic N) is 1. The molecule has 2 aromatic rings. The zero-order chi connectivity index (χ0) is 19.3. The fraction of sp³-hybridized carbons (Fsp3) is 0.217. The van der Waals surface area contributed by atoms with Gasteiger partial charge in [-0.25, -0.2) is 0 Å². The maximum atomic E-state index is 12.8. The van der Waals surface area contributed by atoms with Crippen molar-refractivity contribution in [1.29, 1.82) is 0 Å². The van der Waals surface area contributed by atoms with E-state index in [0.29, 0.717) is 6.42 Å². The van der Waals surface area contributed by atoms with E-state index >= 15 is 0 Å². The molecule has 0 bridgehead atoms. The zero-order valence-electron chi connectivity index (χ0n) is 15.8. The third-order valence-electron chi connectivity index (χ3n) is 4.86. The molecule has 1 aromatic heterocycles. The molecular formula is C23H22N2OS2. The van der Waals surface area contributed by atoms with Gasteiger partial charge in [-0.15, -0.1) is 23.5 Å². The van der Waals surface area contributed by atoms with Crippen LogP contribution in [0, 0.1) is 0 Å². The number of hydrogen-bond acceptors (Lipinski definition) is 4. The summed E-state index contributed by atoms with van der Waals surface area (Å²) < 4.78 is 0. The lowest BCUT2D eigenvalue weighted by atomic mass is 10.0. The summed E-state index contributed by atoms with van der Waals surface area (Å²) in [5.74, 6) is 0.956. The Kier molecular flexibility index (Phi) is 6.03. The van der Waals surface area contributed by atoms with Crippen LogP contribution < -0.4 is 5.32 Å². The van der Waals surface area contributed by atoms with Gasteiger partial charge in [-0.3, -0.25) is 9.78 Å². The number of carbonyl (C=O) groups excluding carboxylic acids is 1. The molecular weight excluding hydrogens is 384 g/mol. The van der Waals surface area contributed by atoms with E-state index in [4.69, 9.17) is 0 Å². The van der Waals surface area contributed by atoms with Crippen LogP contribution in [0.25, 0.3) is 10.8 Å². The summed E-state index contributed by atoms with van der Waals surface area (Å²) in [7, 11) is 0. The van der Waals surface area contributed by atoms with Crippen LogP contribution in [-0.4, -0.2) is 16.6 Å². The predicted octanol–water partition coefficient (Wildman–Crippen LogP) is 5.72. The van der Waals surface area contributed by atoms with E-state index in [0.717, 1.165) is 40.6 Å². The van der Waals surface area contributed by atoms with Crippen molar-refractivity contribution in [2.45, 2.75) is 26.2 Å². The molecule has 3 nitrogen and oxygen atoms in total. The fourth-order valence-electron chi connectivity index (χ4n) is 3.41. The largest absolute Gasteiger partial charge is 0.325 e. The molecule has 142 valence electrons. The lowest BCUT2D eigenvalue weighted by Crippen LogP contribution is -2.25. The first kappa shape index (κ1) is 19.1. The molecule has 0 aliphatic carbocycles. The summed E-state index contributed by atoms with van der Waals surface area (Å²) in [6, 6.07) is 8.00. The molecule has 4 rings (SSSR count). The van der Waals surface area contributed by atoms with Crippen molar-refractivity contribution in [2.24, 2.45) is 0 Å². The van der Waals surface area contributed by atoms with Gasteiger partial charge in [0.1, 0.15) is 0 Å². The molecule has 0 fully saturated rings. The highest BCUT2D eigenvalue weighted by Gasteiger charge is 2.18. The van der Waals surface area contributed by atoms with Crippen molar-refractivity contribution in [3.63, 3.8) is 0 Å². The molecule has 2 aliphatic heterocycles. The minimum Gasteiger partial charge on any atom is -0.325 e. The van der Waals surface area contributed by atoms with Crippen molar-refractivity contribution in [2.75, 3.05) is 5.75 Å². The molecule has 1 amide bonds. The number of fused-ring (bicyclic) bond motifs is 1. The SMILES string of the molecule is CCC1=CSC=C(C2=C(NC(=O)Cc3cccc4cnccc34)C=CCS2)C1. The minimum atomic E-state index is 0.0132. The van der Waals surface area contributed by atoms with Crippen LogP contribution in [0.3, 0.4) is 0 Å². The van der Waals surface area contributed by atoms with Gasteiger partial charge in [0, 0.05) is 28.4 Å². The summed E-state index contributed by atoms with van der Waals surface area (Å²) >= 11 is 3.54. The first-order valence-electron chi connectivity index (χ1n) is 9.42. The van der Waals surface area contributed by atoms with Gasteiger partial charge in [0.25, 0.3) is 0 Å². The Morgan fingerprint density at radius 3 is 3.07 bits per heavy atom. The Morgan fingerprint density at radius 2 is 2.18 bits per heavy atom. The van der Waals surface area contributed by atoms with Gasteiger partial charge < -0.3 is 5.32 Å². The monoisotopic (exact) mass is 406 g/mol. The lowest BCUT2D eigenvalue weighted by Gasteiger charge is -2.21. The van der Waals surface area contributed by atoms with E-state index in [9.17, 15) is 4.79 Å². The second-order valence-corrected chi connectivity index (χ2v) is 8.55. The Hall–Kier alpha value is -2.24. The molecule has 0 saturated carbocycles. The maximum absolute atomic E-state index is 12.8. The quantitative estimate of drug-likeness (QED) is 0.689. The third-order valence-corrected chi connectivity index (χ3v) is 6.88. The molecule has 5 heteroatoms. The first-order valence-corrected chi connectivity index (χ1v) is 11.4. The van der Waals surface area contributed by atoms with E-state index in [1.807, 2.05) is 36.5 Å². The van der Waals surface area contributed by atoms with Crippen molar-refractivity contribution in [3.05, 3.63) is 86.9 Å². The Labute approximate surface area is 174 Å². The minimum absolute atomic E-state index is 0.0132. The number of benzene rings is 1. The number of nitrogens with one attached hydrogen (secondary N) is 1. The number of hydrogen-bond donors (Lipinski definition) is 1. The van der Waals surface area contributed by atoms with Gasteiger partial charge in [-0.1, -0.05) is 36.8 Å². The van der Waals surface area contributed by atoms with E-state index in [1.54, 1.807) is 29.7 Å². The Bertz CT molecular complexity index is 1030. The van der Waals surface area contributed by atoms with Crippen LogP contribution in [0.1, 0.15) is 25.3 Å². The summed E-state index contributed by atoms with van der Waals surface area (Å²) in [5, 5.41) is 9.75. The van der Waals surface area contributed by atoms with Gasteiger partial charge in [-0.2, -0.15) is 0 Å². The second-order valence-electron chi connectivity index (χ2n) is 6.78. The van der Waals surface area contributed by atoms with Gasteiger partial charge in [0.05, 0.1) is 12.1 Å². The highest BCUT2D eigenvalue weighted by molar-refractivity contribution is 8.05. The van der Waals surface area contributed by atoms with Crippen LogP contribution in [-0.2, 0) is 11.2 Å². The predicted molar refractivity (Wildman–Crippen MR) is 121 cm³/mol. The van der Waals surface area contributed by atoms with E-state index in [1.165, 1.54) is 16.1 Å². The Morgan fingerprint density at radius 1 is 1.25 bits per heavy atom. The number of aromatic nitrogens is 1. The number of pyridine rings is 1. The molecule has 0 atom stereocenters. The van der Waals surface area contributed by atoms with E-state index in [-0.39, 0.29) is 5.91 Å². The van der Waals surface area contributed by atoms with Crippen molar-refractivity contribution in [3.8, 4) is 0 Å². The third kappa shape index (κ3) is 4.26. The van der Waals surface area contributed by atoms with Crippen LogP contribution >= 0.6 is 23.5 Å². The van der Waals surface area contributed by atoms with Gasteiger partial charge >= 0.3 is 0 Å². The summed E-state index contributed by atoms with van der Waals surface area (Å²) in [5.41, 5.74) is 4.70. The molecule has 2 aliphatic rings. The smallest absolute Gasteiger partial charge is 0.228 e. The lowest BCUT2D eigenvalue weighted by molar-refractivity contribution is -0.119. The first-order chi connectivity index (χ1) is 13.7. The van der Waals surface area contributed by atoms with Crippen LogP contribution in [0.2, 0.25) is 0 Å². The molecule has 28 heavy (non-hydrogen) atoms. The maximum Gasteiger partial charge on any atom is 0.228 e. The van der Waals surface area contributed by atoms with Crippen molar-refractivity contribution in [1.82, 2.24) is 10.3 Å². The van der Waals surface area contributed by atoms with E-state index < -0.39 is 0 Å². The molecule has 0 saturated heterocycles. The topological polar surface area (TPSA) is 42.0 Å².